The summed E-state index contributed by atoms with van der Waals surface area (Å²) in [5.41, 5.74) is 2.55. The van der Waals surface area contributed by atoms with Gasteiger partial charge in [0.15, 0.2) is 5.65 Å². The van der Waals surface area contributed by atoms with Crippen molar-refractivity contribution < 1.29 is 9.53 Å². The summed E-state index contributed by atoms with van der Waals surface area (Å²) < 4.78 is 7.43. The van der Waals surface area contributed by atoms with Crippen LogP contribution in [0.4, 0.5) is 0 Å². The molecule has 6 nitrogen and oxygen atoms in total. The van der Waals surface area contributed by atoms with Gasteiger partial charge in [0.25, 0.3) is 5.91 Å². The molecule has 27 heavy (non-hydrogen) atoms. The number of imidazole rings is 1. The van der Waals surface area contributed by atoms with Crippen molar-refractivity contribution in [3.63, 3.8) is 0 Å². The van der Waals surface area contributed by atoms with Crippen LogP contribution in [-0.4, -0.2) is 45.5 Å². The normalized spacial score (nSPS) is 16.8. The van der Waals surface area contributed by atoms with Gasteiger partial charge in [-0.2, -0.15) is 0 Å². The molecule has 1 atom stereocenters. The average Bonchev–Trinajstić information content (AvgIpc) is 3.32. The van der Waals surface area contributed by atoms with Crippen LogP contribution in [0.3, 0.4) is 0 Å². The molecule has 1 aromatic carbocycles. The van der Waals surface area contributed by atoms with E-state index in [2.05, 4.69) is 16.5 Å². The Kier molecular flexibility index (Phi) is 4.79. The van der Waals surface area contributed by atoms with Gasteiger partial charge in [-0.05, 0) is 49.2 Å². The first kappa shape index (κ1) is 17.5. The minimum atomic E-state index is 0.0644. The van der Waals surface area contributed by atoms with Crippen LogP contribution in [-0.2, 0) is 6.42 Å². The van der Waals surface area contributed by atoms with Gasteiger partial charge in [0.1, 0.15) is 17.1 Å². The van der Waals surface area contributed by atoms with E-state index in [1.165, 1.54) is 0 Å². The summed E-state index contributed by atoms with van der Waals surface area (Å²) >= 11 is 0. The quantitative estimate of drug-likeness (QED) is 0.695. The lowest BCUT2D eigenvalue weighted by Crippen LogP contribution is -2.29. The second-order valence-electron chi connectivity index (χ2n) is 6.92. The smallest absolute Gasteiger partial charge is 0.253 e. The Morgan fingerprint density at radius 1 is 1.26 bits per heavy atom. The molecule has 0 aliphatic carbocycles. The number of carbonyl (C=O) groups excluding carboxylic acids is 1. The van der Waals surface area contributed by atoms with Crippen molar-refractivity contribution in [1.82, 2.24) is 19.4 Å². The third kappa shape index (κ3) is 3.27. The summed E-state index contributed by atoms with van der Waals surface area (Å²) in [6.45, 7) is 3.59. The van der Waals surface area contributed by atoms with Gasteiger partial charge in [0, 0.05) is 31.3 Å². The number of methoxy groups -OCH3 is 1. The zero-order valence-electron chi connectivity index (χ0n) is 15.8. The maximum atomic E-state index is 12.9. The number of fused-ring (bicyclic) bond motifs is 1. The fourth-order valence-corrected chi connectivity index (χ4v) is 3.81. The summed E-state index contributed by atoms with van der Waals surface area (Å²) in [6.07, 6.45) is 4.68. The van der Waals surface area contributed by atoms with Crippen molar-refractivity contribution in [3.8, 4) is 5.75 Å². The lowest BCUT2D eigenvalue weighted by Gasteiger charge is -2.19. The Hall–Kier alpha value is -2.89. The monoisotopic (exact) mass is 364 g/mol. The number of carbonyl (C=O) groups is 1. The Balaban J connectivity index is 1.58. The van der Waals surface area contributed by atoms with Crippen LogP contribution < -0.4 is 4.74 Å². The molecule has 3 heterocycles. The summed E-state index contributed by atoms with van der Waals surface area (Å²) in [4.78, 5) is 24.1. The zero-order chi connectivity index (χ0) is 18.8. The number of nitrogens with zero attached hydrogens (tertiary/aromatic N) is 4. The topological polar surface area (TPSA) is 60.2 Å². The van der Waals surface area contributed by atoms with Gasteiger partial charge in [0.05, 0.1) is 13.2 Å². The first-order chi connectivity index (χ1) is 13.2. The van der Waals surface area contributed by atoms with Crippen LogP contribution in [0.5, 0.6) is 5.75 Å². The molecule has 140 valence electrons. The van der Waals surface area contributed by atoms with E-state index in [-0.39, 0.29) is 11.9 Å². The van der Waals surface area contributed by atoms with E-state index >= 15 is 0 Å². The standard InChI is InChI=1S/C21H24N4O2/c1-3-5-19-23-18-6-4-12-22-20(18)25(19)16-11-13-24(14-16)21(26)15-7-9-17(27-2)10-8-15/h4,6-10,12,16H,3,5,11,13-14H2,1-2H3. The molecule has 0 radical (unpaired) electrons. The van der Waals surface area contributed by atoms with Crippen molar-refractivity contribution in [2.75, 3.05) is 20.2 Å². The van der Waals surface area contributed by atoms with Gasteiger partial charge in [-0.1, -0.05) is 6.92 Å². The Morgan fingerprint density at radius 3 is 2.81 bits per heavy atom. The maximum Gasteiger partial charge on any atom is 0.253 e. The molecule has 0 spiro atoms. The van der Waals surface area contributed by atoms with E-state index in [4.69, 9.17) is 9.72 Å². The van der Waals surface area contributed by atoms with E-state index in [0.29, 0.717) is 12.1 Å². The largest absolute Gasteiger partial charge is 0.497 e. The van der Waals surface area contributed by atoms with Gasteiger partial charge < -0.3 is 14.2 Å². The molecule has 0 N–H and O–H groups in total. The van der Waals surface area contributed by atoms with Gasteiger partial charge in [-0.15, -0.1) is 0 Å². The SMILES string of the molecule is CCCc1nc2cccnc2n1C1CCN(C(=O)c2ccc(OC)cc2)C1. The number of benzene rings is 1. The summed E-state index contributed by atoms with van der Waals surface area (Å²) in [6, 6.07) is 11.4. The number of aryl methyl sites for hydroxylation is 1. The van der Waals surface area contributed by atoms with Crippen LogP contribution in [0, 0.1) is 0 Å². The van der Waals surface area contributed by atoms with Crippen LogP contribution in [0.2, 0.25) is 0 Å². The lowest BCUT2D eigenvalue weighted by molar-refractivity contribution is 0.0787. The molecule has 4 rings (SSSR count). The second-order valence-corrected chi connectivity index (χ2v) is 6.92. The van der Waals surface area contributed by atoms with Crippen molar-refractivity contribution >= 4 is 17.1 Å². The van der Waals surface area contributed by atoms with Crippen LogP contribution in [0.15, 0.2) is 42.6 Å². The number of ether oxygens (including phenoxy) is 1. The number of rotatable bonds is 5. The van der Waals surface area contributed by atoms with Crippen LogP contribution in [0.25, 0.3) is 11.2 Å². The minimum absolute atomic E-state index is 0.0644. The first-order valence-electron chi connectivity index (χ1n) is 9.46. The van der Waals surface area contributed by atoms with Crippen molar-refractivity contribution in [2.24, 2.45) is 0 Å². The number of hydrogen-bond donors (Lipinski definition) is 0. The molecule has 6 heteroatoms. The highest BCUT2D eigenvalue weighted by molar-refractivity contribution is 5.94. The van der Waals surface area contributed by atoms with E-state index in [9.17, 15) is 4.79 Å². The Morgan fingerprint density at radius 2 is 2.07 bits per heavy atom. The Bertz CT molecular complexity index is 948. The molecular weight excluding hydrogens is 340 g/mol. The van der Waals surface area contributed by atoms with E-state index in [1.807, 2.05) is 47.5 Å². The summed E-state index contributed by atoms with van der Waals surface area (Å²) in [5, 5.41) is 0. The first-order valence-corrected chi connectivity index (χ1v) is 9.46. The average molecular weight is 364 g/mol. The molecule has 0 saturated carbocycles. The molecule has 2 aromatic heterocycles. The number of likely N-dealkylation sites (tertiary alicyclic amines) is 1. The molecule has 1 aliphatic heterocycles. The highest BCUT2D eigenvalue weighted by atomic mass is 16.5. The predicted molar refractivity (Wildman–Crippen MR) is 104 cm³/mol. The van der Waals surface area contributed by atoms with Crippen molar-refractivity contribution in [3.05, 3.63) is 54.0 Å². The van der Waals surface area contributed by atoms with Crippen LogP contribution in [0.1, 0.15) is 42.0 Å². The molecule has 1 amide bonds. The van der Waals surface area contributed by atoms with Crippen LogP contribution >= 0.6 is 0 Å². The number of amides is 1. The van der Waals surface area contributed by atoms with E-state index in [1.54, 1.807) is 7.11 Å². The highest BCUT2D eigenvalue weighted by Crippen LogP contribution is 2.29. The molecular formula is C21H24N4O2. The third-order valence-electron chi connectivity index (χ3n) is 5.15. The summed E-state index contributed by atoms with van der Waals surface area (Å²) in [5.74, 6) is 1.88. The molecule has 1 aliphatic rings. The third-order valence-corrected chi connectivity index (χ3v) is 5.15. The molecule has 0 bridgehead atoms. The number of aromatic nitrogens is 3. The van der Waals surface area contributed by atoms with E-state index in [0.717, 1.165) is 48.5 Å². The van der Waals surface area contributed by atoms with Gasteiger partial charge in [-0.25, -0.2) is 9.97 Å². The maximum absolute atomic E-state index is 12.9. The minimum Gasteiger partial charge on any atom is -0.497 e. The molecule has 1 saturated heterocycles. The fourth-order valence-electron chi connectivity index (χ4n) is 3.81. The van der Waals surface area contributed by atoms with Crippen molar-refractivity contribution in [1.29, 1.82) is 0 Å². The van der Waals surface area contributed by atoms with Crippen molar-refractivity contribution in [2.45, 2.75) is 32.2 Å². The predicted octanol–water partition coefficient (Wildman–Crippen LogP) is 3.48. The Labute approximate surface area is 158 Å². The number of hydrogen-bond acceptors (Lipinski definition) is 4. The molecule has 1 unspecified atom stereocenters. The molecule has 1 fully saturated rings. The highest BCUT2D eigenvalue weighted by Gasteiger charge is 2.30. The number of pyridine rings is 1. The van der Waals surface area contributed by atoms with Gasteiger partial charge in [-0.3, -0.25) is 4.79 Å². The lowest BCUT2D eigenvalue weighted by atomic mass is 10.2. The fraction of sp³-hybridized carbons (Fsp3) is 0.381. The second kappa shape index (κ2) is 7.39. The van der Waals surface area contributed by atoms with Gasteiger partial charge >= 0.3 is 0 Å². The zero-order valence-corrected chi connectivity index (χ0v) is 15.8. The summed E-state index contributed by atoms with van der Waals surface area (Å²) in [7, 11) is 1.62. The van der Waals surface area contributed by atoms with E-state index < -0.39 is 0 Å². The molecule has 3 aromatic rings. The van der Waals surface area contributed by atoms with Gasteiger partial charge in [0.2, 0.25) is 0 Å².